The van der Waals surface area contributed by atoms with E-state index in [1.54, 1.807) is 0 Å². The summed E-state index contributed by atoms with van der Waals surface area (Å²) in [5.74, 6) is -0.215. The van der Waals surface area contributed by atoms with Crippen LogP contribution in [0.3, 0.4) is 0 Å². The lowest BCUT2D eigenvalue weighted by atomic mass is 9.98. The zero-order chi connectivity index (χ0) is 17.0. The van der Waals surface area contributed by atoms with E-state index in [-0.39, 0.29) is 19.0 Å². The minimum absolute atomic E-state index is 0.123. The molecule has 0 radical (unpaired) electrons. The van der Waals surface area contributed by atoms with Crippen LogP contribution in [0.2, 0.25) is 0 Å². The monoisotopic (exact) mass is 334 g/mol. The Labute approximate surface area is 127 Å². The SMILES string of the molecule is [N-]=[N+]=NC[C@@H]1OCC(Nc2cncc(C(F)(F)F)n2)C(O)C1O. The van der Waals surface area contributed by atoms with Gasteiger partial charge in [-0.15, -0.1) is 0 Å². The first-order valence-electron chi connectivity index (χ1n) is 6.47. The normalized spacial score (nSPS) is 28.0. The molecule has 0 aliphatic carbocycles. The van der Waals surface area contributed by atoms with Crippen LogP contribution >= 0.6 is 0 Å². The van der Waals surface area contributed by atoms with Gasteiger partial charge in [-0.25, -0.2) is 4.98 Å². The van der Waals surface area contributed by atoms with E-state index in [0.717, 1.165) is 6.20 Å². The molecule has 1 aromatic heterocycles. The summed E-state index contributed by atoms with van der Waals surface area (Å²) in [7, 11) is 0. The molecule has 2 heterocycles. The number of aliphatic hydroxyl groups excluding tert-OH is 2. The Bertz CT molecular complexity index is 595. The van der Waals surface area contributed by atoms with Crippen molar-refractivity contribution >= 4 is 5.82 Å². The summed E-state index contributed by atoms with van der Waals surface area (Å²) in [5.41, 5.74) is 7.04. The minimum atomic E-state index is -4.65. The second-order valence-electron chi connectivity index (χ2n) is 4.80. The lowest BCUT2D eigenvalue weighted by Gasteiger charge is -2.37. The Morgan fingerprint density at radius 1 is 1.39 bits per heavy atom. The van der Waals surface area contributed by atoms with E-state index in [0.29, 0.717) is 6.20 Å². The summed E-state index contributed by atoms with van der Waals surface area (Å²) in [4.78, 5) is 9.30. The number of hydrogen-bond acceptors (Lipinski definition) is 7. The Balaban J connectivity index is 2.05. The highest BCUT2D eigenvalue weighted by Gasteiger charge is 2.38. The van der Waals surface area contributed by atoms with E-state index >= 15 is 0 Å². The maximum absolute atomic E-state index is 12.6. The molecule has 3 N–H and O–H groups in total. The van der Waals surface area contributed by atoms with Gasteiger partial charge in [0.2, 0.25) is 0 Å². The Morgan fingerprint density at radius 2 is 2.13 bits per heavy atom. The average Bonchev–Trinajstić information content (AvgIpc) is 2.51. The molecule has 1 aromatic rings. The molecule has 1 aliphatic heterocycles. The van der Waals surface area contributed by atoms with E-state index in [1.807, 2.05) is 0 Å². The molecule has 23 heavy (non-hydrogen) atoms. The van der Waals surface area contributed by atoms with Gasteiger partial charge in [0.1, 0.15) is 18.0 Å². The first kappa shape index (κ1) is 17.2. The third kappa shape index (κ3) is 4.20. The lowest BCUT2D eigenvalue weighted by molar-refractivity contribution is -0.141. The van der Waals surface area contributed by atoms with Gasteiger partial charge in [0.25, 0.3) is 0 Å². The molecule has 3 unspecified atom stereocenters. The van der Waals surface area contributed by atoms with Gasteiger partial charge >= 0.3 is 6.18 Å². The summed E-state index contributed by atoms with van der Waals surface area (Å²) in [6, 6.07) is -0.898. The second-order valence-corrected chi connectivity index (χ2v) is 4.80. The predicted octanol–water partition coefficient (Wildman–Crippen LogP) is 0.707. The number of alkyl halides is 3. The van der Waals surface area contributed by atoms with Crippen molar-refractivity contribution in [2.24, 2.45) is 5.11 Å². The van der Waals surface area contributed by atoms with Crippen molar-refractivity contribution in [2.75, 3.05) is 18.5 Å². The molecule has 1 fully saturated rings. The number of ether oxygens (including phenoxy) is 1. The van der Waals surface area contributed by atoms with Crippen molar-refractivity contribution in [3.8, 4) is 0 Å². The largest absolute Gasteiger partial charge is 0.434 e. The minimum Gasteiger partial charge on any atom is -0.388 e. The molecule has 12 heteroatoms. The predicted molar refractivity (Wildman–Crippen MR) is 70.2 cm³/mol. The van der Waals surface area contributed by atoms with Gasteiger partial charge in [0, 0.05) is 4.91 Å². The Hall–Kier alpha value is -2.14. The quantitative estimate of drug-likeness (QED) is 0.421. The van der Waals surface area contributed by atoms with E-state index < -0.39 is 36.2 Å². The van der Waals surface area contributed by atoms with Gasteiger partial charge in [0.05, 0.1) is 37.7 Å². The third-order valence-corrected chi connectivity index (χ3v) is 3.22. The van der Waals surface area contributed by atoms with E-state index in [9.17, 15) is 23.4 Å². The molecule has 0 saturated carbocycles. The molecule has 9 nitrogen and oxygen atoms in total. The topological polar surface area (TPSA) is 136 Å². The van der Waals surface area contributed by atoms with Crippen LogP contribution in [0, 0.1) is 0 Å². The number of anilines is 1. The van der Waals surface area contributed by atoms with Crippen LogP contribution in [0.5, 0.6) is 0 Å². The van der Waals surface area contributed by atoms with Crippen molar-refractivity contribution in [2.45, 2.75) is 30.5 Å². The standard InChI is InChI=1S/C11H13F3N6O3/c12-11(13,14)7-2-16-3-8(19-7)18-5-4-23-6(1-17-20-15)10(22)9(5)21/h2-3,5-6,9-10,21-22H,1,4H2,(H,18,19)/t5?,6-,9?,10?/m0/s1. The van der Waals surface area contributed by atoms with Crippen LogP contribution in [0.1, 0.15) is 5.69 Å². The van der Waals surface area contributed by atoms with Crippen molar-refractivity contribution in [1.29, 1.82) is 0 Å². The average molecular weight is 334 g/mol. The third-order valence-electron chi connectivity index (χ3n) is 3.22. The smallest absolute Gasteiger partial charge is 0.388 e. The number of hydrogen-bond donors (Lipinski definition) is 3. The highest BCUT2D eigenvalue weighted by Crippen LogP contribution is 2.28. The molecular weight excluding hydrogens is 321 g/mol. The highest BCUT2D eigenvalue weighted by atomic mass is 19.4. The van der Waals surface area contributed by atoms with Crippen LogP contribution in [0.4, 0.5) is 19.0 Å². The maximum atomic E-state index is 12.6. The van der Waals surface area contributed by atoms with Crippen molar-refractivity contribution < 1.29 is 28.1 Å². The number of nitrogens with one attached hydrogen (secondary N) is 1. The number of halogens is 3. The van der Waals surface area contributed by atoms with Gasteiger partial charge in [-0.1, -0.05) is 5.11 Å². The number of rotatable bonds is 4. The van der Waals surface area contributed by atoms with Gasteiger partial charge in [0.15, 0.2) is 5.69 Å². The fourth-order valence-corrected chi connectivity index (χ4v) is 2.05. The molecule has 0 amide bonds. The molecule has 1 aliphatic rings. The first-order chi connectivity index (χ1) is 10.8. The molecule has 1 saturated heterocycles. The molecular formula is C11H13F3N6O3. The Morgan fingerprint density at radius 3 is 2.78 bits per heavy atom. The molecule has 2 rings (SSSR count). The van der Waals surface area contributed by atoms with Gasteiger partial charge < -0.3 is 20.3 Å². The molecule has 0 bridgehead atoms. The highest BCUT2D eigenvalue weighted by molar-refractivity contribution is 5.34. The zero-order valence-corrected chi connectivity index (χ0v) is 11.6. The van der Waals surface area contributed by atoms with Crippen molar-refractivity contribution in [3.63, 3.8) is 0 Å². The molecule has 4 atom stereocenters. The summed E-state index contributed by atoms with van der Waals surface area (Å²) < 4.78 is 42.9. The van der Waals surface area contributed by atoms with Crippen LogP contribution < -0.4 is 5.32 Å². The van der Waals surface area contributed by atoms with Crippen LogP contribution in [0.15, 0.2) is 17.5 Å². The molecule has 126 valence electrons. The summed E-state index contributed by atoms with van der Waals surface area (Å²) in [5, 5.41) is 25.7. The molecule has 0 aromatic carbocycles. The number of aliphatic hydroxyl groups is 2. The van der Waals surface area contributed by atoms with E-state index in [4.69, 9.17) is 10.3 Å². The number of nitrogens with zero attached hydrogens (tertiary/aromatic N) is 5. The summed E-state index contributed by atoms with van der Waals surface area (Å²) >= 11 is 0. The lowest BCUT2D eigenvalue weighted by Crippen LogP contribution is -2.56. The van der Waals surface area contributed by atoms with E-state index in [1.165, 1.54) is 0 Å². The number of azide groups is 1. The summed E-state index contributed by atoms with van der Waals surface area (Å²) in [6.45, 7) is -0.299. The van der Waals surface area contributed by atoms with Crippen LogP contribution in [-0.2, 0) is 10.9 Å². The van der Waals surface area contributed by atoms with Gasteiger partial charge in [-0.3, -0.25) is 4.98 Å². The van der Waals surface area contributed by atoms with Crippen LogP contribution in [-0.4, -0.2) is 57.7 Å². The first-order valence-corrected chi connectivity index (χ1v) is 6.47. The zero-order valence-electron chi connectivity index (χ0n) is 11.6. The van der Waals surface area contributed by atoms with Gasteiger partial charge in [-0.2, -0.15) is 13.2 Å². The summed E-state index contributed by atoms with van der Waals surface area (Å²) in [6.07, 6.45) is -6.63. The Kier molecular flexibility index (Phi) is 5.21. The van der Waals surface area contributed by atoms with Crippen molar-refractivity contribution in [1.82, 2.24) is 9.97 Å². The van der Waals surface area contributed by atoms with Crippen molar-refractivity contribution in [3.05, 3.63) is 28.5 Å². The van der Waals surface area contributed by atoms with Gasteiger partial charge in [-0.05, 0) is 5.53 Å². The fourth-order valence-electron chi connectivity index (χ4n) is 2.05. The maximum Gasteiger partial charge on any atom is 0.434 e. The van der Waals surface area contributed by atoms with Crippen LogP contribution in [0.25, 0.3) is 10.4 Å². The number of aromatic nitrogens is 2. The van der Waals surface area contributed by atoms with E-state index in [2.05, 4.69) is 25.3 Å². The molecule has 0 spiro atoms. The fraction of sp³-hybridized carbons (Fsp3) is 0.636. The second kappa shape index (κ2) is 6.96.